The van der Waals surface area contributed by atoms with E-state index in [9.17, 15) is 84.2 Å². The number of benzene rings is 5. The maximum atomic E-state index is 12.3. The number of anilines is 5. The summed E-state index contributed by atoms with van der Waals surface area (Å²) in [4.78, 5) is -3.28. The van der Waals surface area contributed by atoms with Gasteiger partial charge >= 0.3 is 0 Å². The van der Waals surface area contributed by atoms with Crippen LogP contribution < -0.4 is 52.3 Å². The number of alkyl halides is 5. The molecule has 0 fully saturated rings. The fraction of sp³-hybridized carbons (Fsp3) is 0.333. The molecule has 55 heteroatoms. The van der Waals surface area contributed by atoms with Crippen LogP contribution in [0.15, 0.2) is 110 Å². The summed E-state index contributed by atoms with van der Waals surface area (Å²) in [5, 5.41) is 38.6. The Morgan fingerprint density at radius 1 is 0.290 bits per heavy atom. The first-order valence-corrected chi connectivity index (χ1v) is 45.8. The highest BCUT2D eigenvalue weighted by Gasteiger charge is 2.42. The van der Waals surface area contributed by atoms with E-state index in [0.29, 0.717) is 0 Å². The molecular weight excluding hydrogens is 1750 g/mol. The van der Waals surface area contributed by atoms with E-state index in [4.69, 9.17) is 142 Å². The molecule has 5 unspecified atom stereocenters. The van der Waals surface area contributed by atoms with E-state index >= 15 is 0 Å². The van der Waals surface area contributed by atoms with Crippen molar-refractivity contribution in [2.75, 3.05) is 91.2 Å². The maximum Gasteiger partial charge on any atom is 0.246 e. The molecule has 10 rings (SSSR count). The smallest absolute Gasteiger partial charge is 0.246 e. The van der Waals surface area contributed by atoms with Crippen molar-refractivity contribution < 1.29 is 84.2 Å². The molecule has 0 radical (unpaired) electrons. The summed E-state index contributed by atoms with van der Waals surface area (Å²) < 4.78 is 242. The molecule has 5 atom stereocenters. The topological polar surface area (TPSA) is 548 Å². The van der Waals surface area contributed by atoms with E-state index in [2.05, 4.69) is 26.6 Å². The third-order valence-corrected chi connectivity index (χ3v) is 32.4. The first-order valence-electron chi connectivity index (χ1n) is 26.3. The number of nitrogens with zero attached hydrogens (tertiary/aromatic N) is 5. The molecule has 35 nitrogen and oxygen atoms in total. The van der Waals surface area contributed by atoms with Gasteiger partial charge in [-0.1, -0.05) is 58.0 Å². The highest BCUT2D eigenvalue weighted by molar-refractivity contribution is 7.92. The minimum atomic E-state index is -4.12. The average Bonchev–Trinajstić information content (AvgIpc) is 0.778. The van der Waals surface area contributed by atoms with Gasteiger partial charge in [0, 0.05) is 35.2 Å². The third-order valence-electron chi connectivity index (χ3n) is 14.5. The Labute approximate surface area is 626 Å². The number of hydrogen-bond acceptors (Lipinski definition) is 25. The van der Waals surface area contributed by atoms with Gasteiger partial charge in [0.1, 0.15) is 79.8 Å². The van der Waals surface area contributed by atoms with Crippen molar-refractivity contribution in [3.05, 3.63) is 85.8 Å². The number of halogens is 10. The van der Waals surface area contributed by atoms with Crippen molar-refractivity contribution in [2.45, 2.75) is 79.8 Å². The van der Waals surface area contributed by atoms with Crippen LogP contribution in [0.2, 0.25) is 25.1 Å². The summed E-state index contributed by atoms with van der Waals surface area (Å²) in [5.41, 5.74) is 0.931. The zero-order valence-corrected chi connectivity index (χ0v) is 66.6. The second-order valence-corrected chi connectivity index (χ2v) is 41.9. The van der Waals surface area contributed by atoms with Crippen molar-refractivity contribution in [2.24, 2.45) is 25.7 Å². The maximum absolute atomic E-state index is 12.3. The third kappa shape index (κ3) is 17.9. The van der Waals surface area contributed by atoms with Gasteiger partial charge in [0.2, 0.25) is 100 Å². The molecule has 0 saturated heterocycles. The summed E-state index contributed by atoms with van der Waals surface area (Å²) in [6.45, 7) is 0. The van der Waals surface area contributed by atoms with Crippen LogP contribution in [0.25, 0.3) is 0 Å². The summed E-state index contributed by atoms with van der Waals surface area (Å²) in [7, 11) is -33.3. The molecule has 0 aromatic heterocycles. The number of rotatable bonds is 10. The molecular formula is C45H55Cl10N15O20S10. The lowest BCUT2D eigenvalue weighted by atomic mass is 10.3. The molecule has 0 amide bonds. The highest BCUT2D eigenvalue weighted by Crippen LogP contribution is 2.42. The van der Waals surface area contributed by atoms with Gasteiger partial charge in [0.05, 0.1) is 83.0 Å². The number of sulfonamides is 10. The van der Waals surface area contributed by atoms with Gasteiger partial charge in [0.15, 0.2) is 0 Å². The molecule has 5 aromatic carbocycles. The van der Waals surface area contributed by atoms with Gasteiger partial charge in [0.25, 0.3) is 0 Å². The second-order valence-electron chi connectivity index (χ2n) is 20.8. The van der Waals surface area contributed by atoms with E-state index < -0.39 is 156 Å². The van der Waals surface area contributed by atoms with Crippen LogP contribution >= 0.6 is 116 Å². The summed E-state index contributed by atoms with van der Waals surface area (Å²) in [6, 6.07) is 10.7. The number of nitrogens with two attached hydrogens (primary N) is 5. The molecule has 5 heterocycles. The van der Waals surface area contributed by atoms with Crippen molar-refractivity contribution in [3.63, 3.8) is 0 Å². The number of fused-ring (bicyclic) bond motifs is 5. The van der Waals surface area contributed by atoms with Gasteiger partial charge < -0.3 is 26.6 Å². The van der Waals surface area contributed by atoms with Crippen molar-refractivity contribution in [1.29, 1.82) is 0 Å². The standard InChI is InChI=1S/5C9H11Cl2N3O4S2/c5*1-14-9(4-10)13-6-2-5(11)7(19(12,15)16)3-8(6)20(14,17)18/h5*2-3,9,13H,4H2,1H3,(H2,12,15,16). The first kappa shape index (κ1) is 86.0. The Morgan fingerprint density at radius 2 is 0.410 bits per heavy atom. The predicted molar refractivity (Wildman–Crippen MR) is 380 cm³/mol. The second kappa shape index (κ2) is 31.1. The van der Waals surface area contributed by atoms with E-state index in [-0.39, 0.29) is 107 Å². The Morgan fingerprint density at radius 3 is 0.510 bits per heavy atom. The Hall–Kier alpha value is -2.90. The van der Waals surface area contributed by atoms with Crippen LogP contribution in [0.3, 0.4) is 0 Å². The van der Waals surface area contributed by atoms with Gasteiger partial charge in [-0.3, -0.25) is 0 Å². The zero-order valence-electron chi connectivity index (χ0n) is 50.8. The van der Waals surface area contributed by atoms with Crippen LogP contribution in [-0.2, 0) is 100 Å². The quantitative estimate of drug-likeness (QED) is 0.0898. The molecule has 5 aliphatic heterocycles. The molecule has 5 aliphatic rings. The summed E-state index contributed by atoms with van der Waals surface area (Å²) >= 11 is 57.6. The number of nitrogens with one attached hydrogen (secondary N) is 5. The summed E-state index contributed by atoms with van der Waals surface area (Å²) in [6.07, 6.45) is -3.24. The highest BCUT2D eigenvalue weighted by atomic mass is 35.5. The van der Waals surface area contributed by atoms with Crippen LogP contribution in [0.1, 0.15) is 0 Å². The molecule has 100 heavy (non-hydrogen) atoms. The molecule has 5 aromatic rings. The van der Waals surface area contributed by atoms with Gasteiger partial charge in [-0.2, -0.15) is 21.5 Å². The fourth-order valence-electron chi connectivity index (χ4n) is 9.04. The van der Waals surface area contributed by atoms with E-state index in [1.54, 1.807) is 0 Å². The first-order chi connectivity index (χ1) is 45.4. The van der Waals surface area contributed by atoms with Gasteiger partial charge in [-0.15, -0.1) is 58.0 Å². The van der Waals surface area contributed by atoms with Crippen LogP contribution in [0.4, 0.5) is 28.4 Å². The molecule has 0 spiro atoms. The molecule has 560 valence electrons. The lowest BCUT2D eigenvalue weighted by molar-refractivity contribution is 0.411. The van der Waals surface area contributed by atoms with Crippen LogP contribution in [-0.4, -0.2) is 201 Å². The fourth-order valence-corrected chi connectivity index (χ4v) is 23.9. The molecule has 15 N–H and O–H groups in total. The Bertz CT molecular complexity index is 4580. The van der Waals surface area contributed by atoms with Crippen molar-refractivity contribution >= 4 is 245 Å². The SMILES string of the molecule is CN1C(CCl)Nc2cc(Cl)c(S(N)(=O)=O)cc2S1(=O)=O.CN1C(CCl)Nc2cc(Cl)c(S(N)(=O)=O)cc2S1(=O)=O.CN1C(CCl)Nc2cc(Cl)c(S(N)(=O)=O)cc2S1(=O)=O.CN1C(CCl)Nc2cc(Cl)c(S(N)(=O)=O)cc2S1(=O)=O.CN1C(CCl)Nc2cc(Cl)c(S(N)(=O)=O)cc2S1(=O)=O. The lowest BCUT2D eigenvalue weighted by Crippen LogP contribution is -2.47. The number of hydrogen-bond donors (Lipinski definition) is 10. The van der Waals surface area contributed by atoms with Gasteiger partial charge in [-0.25, -0.2) is 110 Å². The average molecular weight is 1800 g/mol. The Kier molecular flexibility index (Phi) is 26.8. The van der Waals surface area contributed by atoms with E-state index in [0.717, 1.165) is 51.9 Å². The molecule has 0 aliphatic carbocycles. The zero-order chi connectivity index (χ0) is 76.5. The Balaban J connectivity index is 0.000000197. The molecule has 0 bridgehead atoms. The minimum absolute atomic E-state index is 0.0176. The normalized spacial score (nSPS) is 22.1. The van der Waals surface area contributed by atoms with Crippen molar-refractivity contribution in [1.82, 2.24) is 21.5 Å². The predicted octanol–water partition coefficient (Wildman–Crippen LogP) is 2.99. The van der Waals surface area contributed by atoms with Crippen molar-refractivity contribution in [3.8, 4) is 0 Å². The van der Waals surface area contributed by atoms with Gasteiger partial charge in [-0.05, 0) is 60.7 Å². The van der Waals surface area contributed by atoms with E-state index in [1.165, 1.54) is 65.6 Å². The lowest BCUT2D eigenvalue weighted by Gasteiger charge is -2.33. The van der Waals surface area contributed by atoms with Crippen LogP contribution in [0.5, 0.6) is 0 Å². The number of primary sulfonamides is 5. The van der Waals surface area contributed by atoms with E-state index in [1.807, 2.05) is 0 Å². The monoisotopic (exact) mass is 1790 g/mol. The largest absolute Gasteiger partial charge is 0.367 e. The summed E-state index contributed by atoms with van der Waals surface area (Å²) in [5.74, 6) is 0.0879. The minimum Gasteiger partial charge on any atom is -0.367 e. The van der Waals surface area contributed by atoms with Crippen LogP contribution in [0, 0.1) is 0 Å². The molecule has 0 saturated carbocycles.